The second-order valence-corrected chi connectivity index (χ2v) is 9.04. The standard InChI is InChI=1S/C24H26FN5O4/c1-12-20(24(33)29-17-8-30(13(2)31)9-18(17)32)22-23(28-12)21(26-11-27-22)16-6-5-15(25)7-19(16)34-10-14-3-4-14/h5-7,11,14,17-18,28,32H,3-4,8-10H2,1-2H3,(H,29,33). The van der Waals surface area contributed by atoms with E-state index in [1.807, 2.05) is 0 Å². The first-order valence-electron chi connectivity index (χ1n) is 11.3. The fraction of sp³-hybridized carbons (Fsp3) is 0.417. The Bertz CT molecular complexity index is 1270. The molecule has 10 heteroatoms. The first-order valence-corrected chi connectivity index (χ1v) is 11.3. The van der Waals surface area contributed by atoms with Gasteiger partial charge >= 0.3 is 0 Å². The predicted molar refractivity (Wildman–Crippen MR) is 122 cm³/mol. The molecular formula is C24H26FN5O4. The van der Waals surface area contributed by atoms with Gasteiger partial charge in [0.2, 0.25) is 5.91 Å². The van der Waals surface area contributed by atoms with Gasteiger partial charge in [-0.1, -0.05) is 0 Å². The third kappa shape index (κ3) is 4.21. The lowest BCUT2D eigenvalue weighted by Crippen LogP contribution is -2.43. The van der Waals surface area contributed by atoms with Gasteiger partial charge in [-0.2, -0.15) is 0 Å². The number of aromatic amines is 1. The summed E-state index contributed by atoms with van der Waals surface area (Å²) in [5.74, 6) is -0.0853. The summed E-state index contributed by atoms with van der Waals surface area (Å²) in [5, 5.41) is 13.1. The number of aryl methyl sites for hydroxylation is 1. The maximum absolute atomic E-state index is 14.0. The first-order chi connectivity index (χ1) is 16.3. The minimum absolute atomic E-state index is 0.157. The zero-order valence-electron chi connectivity index (χ0n) is 19.0. The van der Waals surface area contributed by atoms with Crippen LogP contribution in [0.5, 0.6) is 5.75 Å². The average molecular weight is 468 g/mol. The van der Waals surface area contributed by atoms with Crippen molar-refractivity contribution < 1.29 is 23.8 Å². The molecule has 9 nitrogen and oxygen atoms in total. The number of likely N-dealkylation sites (tertiary alicyclic amines) is 1. The number of benzene rings is 1. The van der Waals surface area contributed by atoms with E-state index in [-0.39, 0.29) is 19.0 Å². The summed E-state index contributed by atoms with van der Waals surface area (Å²) < 4.78 is 19.9. The molecule has 0 bridgehead atoms. The number of fused-ring (bicyclic) bond motifs is 1. The summed E-state index contributed by atoms with van der Waals surface area (Å²) in [6, 6.07) is 3.72. The average Bonchev–Trinajstić information content (AvgIpc) is 3.46. The number of carbonyl (C=O) groups is 2. The number of hydrogen-bond donors (Lipinski definition) is 3. The summed E-state index contributed by atoms with van der Waals surface area (Å²) >= 11 is 0. The largest absolute Gasteiger partial charge is 0.492 e. The number of β-amino-alcohol motifs (C(OH)–C–C–N with tert-alkyl or cyclic N) is 1. The number of aliphatic hydroxyl groups excluding tert-OH is 1. The van der Waals surface area contributed by atoms with E-state index >= 15 is 0 Å². The maximum atomic E-state index is 14.0. The van der Waals surface area contributed by atoms with Gasteiger partial charge in [0.1, 0.15) is 29.1 Å². The highest BCUT2D eigenvalue weighted by atomic mass is 19.1. The third-order valence-corrected chi connectivity index (χ3v) is 6.42. The molecule has 3 heterocycles. The van der Waals surface area contributed by atoms with Crippen molar-refractivity contribution in [3.63, 3.8) is 0 Å². The SMILES string of the molecule is CC(=O)N1CC(O)C(NC(=O)c2c(C)[nH]c3c(-c4ccc(F)cc4OCC4CC4)ncnc23)C1. The molecule has 3 N–H and O–H groups in total. The summed E-state index contributed by atoms with van der Waals surface area (Å²) in [6.07, 6.45) is 2.72. The van der Waals surface area contributed by atoms with Crippen LogP contribution in [0.15, 0.2) is 24.5 Å². The number of ether oxygens (including phenoxy) is 1. The van der Waals surface area contributed by atoms with E-state index in [1.54, 1.807) is 13.0 Å². The Hall–Kier alpha value is -3.53. The van der Waals surface area contributed by atoms with Gasteiger partial charge in [-0.05, 0) is 37.8 Å². The van der Waals surface area contributed by atoms with Crippen LogP contribution in [-0.4, -0.2) is 68.6 Å². The Morgan fingerprint density at radius 2 is 2.09 bits per heavy atom. The summed E-state index contributed by atoms with van der Waals surface area (Å²) in [4.78, 5) is 38.2. The van der Waals surface area contributed by atoms with Crippen molar-refractivity contribution in [3.05, 3.63) is 41.6 Å². The highest BCUT2D eigenvalue weighted by molar-refractivity contribution is 6.09. The van der Waals surface area contributed by atoms with Gasteiger partial charge in [-0.15, -0.1) is 0 Å². The number of aromatic nitrogens is 3. The number of hydrogen-bond acceptors (Lipinski definition) is 6. The molecule has 3 aromatic rings. The number of rotatable bonds is 6. The second kappa shape index (κ2) is 8.68. The molecule has 2 aromatic heterocycles. The number of amides is 2. The molecule has 2 aliphatic rings. The Labute approximate surface area is 195 Å². The predicted octanol–water partition coefficient (Wildman–Crippen LogP) is 2.18. The van der Waals surface area contributed by atoms with Crippen molar-refractivity contribution in [2.75, 3.05) is 19.7 Å². The van der Waals surface area contributed by atoms with Gasteiger partial charge in [0.25, 0.3) is 5.91 Å². The van der Waals surface area contributed by atoms with Gasteiger partial charge in [-0.25, -0.2) is 14.4 Å². The van der Waals surface area contributed by atoms with Crippen molar-refractivity contribution in [1.82, 2.24) is 25.2 Å². The van der Waals surface area contributed by atoms with Gasteiger partial charge in [-0.3, -0.25) is 9.59 Å². The lowest BCUT2D eigenvalue weighted by Gasteiger charge is -2.16. The van der Waals surface area contributed by atoms with E-state index < -0.39 is 23.9 Å². The van der Waals surface area contributed by atoms with Crippen LogP contribution < -0.4 is 10.1 Å². The van der Waals surface area contributed by atoms with Crippen molar-refractivity contribution in [2.24, 2.45) is 5.92 Å². The van der Waals surface area contributed by atoms with Gasteiger partial charge in [0.05, 0.1) is 29.8 Å². The van der Waals surface area contributed by atoms with Crippen LogP contribution in [0.2, 0.25) is 0 Å². The normalized spacial score (nSPS) is 20.1. The Morgan fingerprint density at radius 3 is 2.79 bits per heavy atom. The Morgan fingerprint density at radius 1 is 1.29 bits per heavy atom. The van der Waals surface area contributed by atoms with Gasteiger partial charge in [0, 0.05) is 37.3 Å². The van der Waals surface area contributed by atoms with Crippen LogP contribution in [0.4, 0.5) is 4.39 Å². The van der Waals surface area contributed by atoms with Crippen LogP contribution in [-0.2, 0) is 4.79 Å². The monoisotopic (exact) mass is 467 g/mol. The summed E-state index contributed by atoms with van der Waals surface area (Å²) in [7, 11) is 0. The minimum Gasteiger partial charge on any atom is -0.492 e. The molecule has 2 fully saturated rings. The summed E-state index contributed by atoms with van der Waals surface area (Å²) in [6.45, 7) is 4.11. The molecule has 178 valence electrons. The lowest BCUT2D eigenvalue weighted by atomic mass is 10.1. The molecular weight excluding hydrogens is 441 g/mol. The highest BCUT2D eigenvalue weighted by Gasteiger charge is 2.35. The zero-order valence-corrected chi connectivity index (χ0v) is 19.0. The molecule has 34 heavy (non-hydrogen) atoms. The van der Waals surface area contributed by atoms with E-state index in [4.69, 9.17) is 4.74 Å². The summed E-state index contributed by atoms with van der Waals surface area (Å²) in [5.41, 5.74) is 2.95. The fourth-order valence-electron chi connectivity index (χ4n) is 4.33. The number of aliphatic hydroxyl groups is 1. The molecule has 1 saturated heterocycles. The smallest absolute Gasteiger partial charge is 0.255 e. The Kier molecular flexibility index (Phi) is 5.68. The van der Waals surface area contributed by atoms with Crippen LogP contribution in [0.25, 0.3) is 22.3 Å². The fourth-order valence-corrected chi connectivity index (χ4v) is 4.33. The molecule has 1 aliphatic carbocycles. The highest BCUT2D eigenvalue weighted by Crippen LogP contribution is 2.36. The van der Waals surface area contributed by atoms with Gasteiger partial charge < -0.3 is 25.0 Å². The number of carbonyl (C=O) groups excluding carboxylic acids is 2. The zero-order chi connectivity index (χ0) is 24.0. The topological polar surface area (TPSA) is 120 Å². The number of nitrogens with zero attached hydrogens (tertiary/aromatic N) is 3. The van der Waals surface area contributed by atoms with Crippen molar-refractivity contribution >= 4 is 22.8 Å². The lowest BCUT2D eigenvalue weighted by molar-refractivity contribution is -0.128. The molecule has 2 atom stereocenters. The number of H-pyrrole nitrogens is 1. The van der Waals surface area contributed by atoms with Crippen molar-refractivity contribution in [3.8, 4) is 17.0 Å². The number of nitrogens with one attached hydrogen (secondary N) is 2. The third-order valence-electron chi connectivity index (χ3n) is 6.42. The number of halogens is 1. The molecule has 1 aliphatic heterocycles. The molecule has 1 saturated carbocycles. The molecule has 2 unspecified atom stereocenters. The van der Waals surface area contributed by atoms with Crippen LogP contribution >= 0.6 is 0 Å². The molecule has 5 rings (SSSR count). The van der Waals surface area contributed by atoms with Crippen molar-refractivity contribution in [1.29, 1.82) is 0 Å². The Balaban J connectivity index is 1.47. The first kappa shape index (κ1) is 22.3. The van der Waals surface area contributed by atoms with E-state index in [9.17, 15) is 19.1 Å². The van der Waals surface area contributed by atoms with E-state index in [2.05, 4.69) is 20.3 Å². The maximum Gasteiger partial charge on any atom is 0.255 e. The second-order valence-electron chi connectivity index (χ2n) is 9.04. The molecule has 1 aromatic carbocycles. The van der Waals surface area contributed by atoms with Crippen LogP contribution in [0.3, 0.4) is 0 Å². The van der Waals surface area contributed by atoms with Crippen molar-refractivity contribution in [2.45, 2.75) is 38.8 Å². The minimum atomic E-state index is -0.853. The molecule has 0 radical (unpaired) electrons. The quantitative estimate of drug-likeness (QED) is 0.511. The van der Waals surface area contributed by atoms with Crippen LogP contribution in [0, 0.1) is 18.7 Å². The van der Waals surface area contributed by atoms with Gasteiger partial charge in [0.15, 0.2) is 0 Å². The van der Waals surface area contributed by atoms with Crippen LogP contribution in [0.1, 0.15) is 35.8 Å². The molecule has 0 spiro atoms. The molecule has 2 amide bonds. The van der Waals surface area contributed by atoms with E-state index in [0.29, 0.717) is 51.8 Å². The van der Waals surface area contributed by atoms with E-state index in [1.165, 1.54) is 30.3 Å². The van der Waals surface area contributed by atoms with E-state index in [0.717, 1.165) is 12.8 Å².